The van der Waals surface area contributed by atoms with Gasteiger partial charge >= 0.3 is 6.18 Å². The molecule has 218 valence electrons. The van der Waals surface area contributed by atoms with Gasteiger partial charge in [0.2, 0.25) is 0 Å². The van der Waals surface area contributed by atoms with E-state index < -0.39 is 23.7 Å². The first-order valence-electron chi connectivity index (χ1n) is 13.1. The number of pyridine rings is 1. The van der Waals surface area contributed by atoms with Crippen LogP contribution < -0.4 is 11.1 Å². The van der Waals surface area contributed by atoms with E-state index in [9.17, 15) is 22.8 Å². The van der Waals surface area contributed by atoms with Gasteiger partial charge in [-0.25, -0.2) is 14.5 Å². The summed E-state index contributed by atoms with van der Waals surface area (Å²) in [5, 5.41) is 11.5. The molecule has 0 saturated heterocycles. The quantitative estimate of drug-likeness (QED) is 0.244. The number of halogens is 3. The molecular weight excluding hydrogens is 581 g/mol. The lowest BCUT2D eigenvalue weighted by Gasteiger charge is -2.12. The Morgan fingerprint density at radius 1 is 1.05 bits per heavy atom. The van der Waals surface area contributed by atoms with E-state index in [0.29, 0.717) is 34.8 Å². The zero-order chi connectivity index (χ0) is 30.6. The number of hydrogen-bond acceptors (Lipinski definition) is 7. The highest BCUT2D eigenvalue weighted by molar-refractivity contribution is 7.21. The van der Waals surface area contributed by atoms with E-state index in [0.717, 1.165) is 17.2 Å². The van der Waals surface area contributed by atoms with E-state index in [1.165, 1.54) is 16.9 Å². The zero-order valence-electron chi connectivity index (χ0n) is 23.0. The number of carbonyl (C=O) groups is 2. The predicted octanol–water partition coefficient (Wildman–Crippen LogP) is 5.88. The van der Waals surface area contributed by atoms with Crippen LogP contribution in [0.1, 0.15) is 43.9 Å². The number of benzene rings is 1. The van der Waals surface area contributed by atoms with Crippen LogP contribution in [0.2, 0.25) is 0 Å². The number of thiophene rings is 1. The third-order valence-corrected chi connectivity index (χ3v) is 8.20. The molecule has 0 fully saturated rings. The lowest BCUT2D eigenvalue weighted by atomic mass is 10.0. The molecule has 10 nitrogen and oxygen atoms in total. The van der Waals surface area contributed by atoms with Gasteiger partial charge in [-0.15, -0.1) is 11.3 Å². The molecular formula is C29H23F3N8O2S. The average molecular weight is 605 g/mol. The van der Waals surface area contributed by atoms with E-state index in [1.807, 2.05) is 38.1 Å². The van der Waals surface area contributed by atoms with Crippen molar-refractivity contribution in [2.45, 2.75) is 33.5 Å². The minimum absolute atomic E-state index is 0.0496. The number of nitrogens with one attached hydrogen (secondary N) is 1. The fraction of sp³-hybridized carbons (Fsp3) is 0.172. The Kier molecular flexibility index (Phi) is 6.72. The molecule has 0 aliphatic heterocycles. The third-order valence-electron chi connectivity index (χ3n) is 7.10. The number of rotatable bonds is 6. The lowest BCUT2D eigenvalue weighted by molar-refractivity contribution is -0.140. The maximum Gasteiger partial charge on any atom is 0.433 e. The molecule has 6 aromatic rings. The van der Waals surface area contributed by atoms with Crippen LogP contribution in [0.25, 0.3) is 38.2 Å². The summed E-state index contributed by atoms with van der Waals surface area (Å²) < 4.78 is 44.9. The summed E-state index contributed by atoms with van der Waals surface area (Å²) in [4.78, 5) is 34.1. The summed E-state index contributed by atoms with van der Waals surface area (Å²) in [5.41, 5.74) is 8.50. The van der Waals surface area contributed by atoms with Crippen LogP contribution in [0.5, 0.6) is 0 Å². The number of fused-ring (bicyclic) bond motifs is 2. The number of anilines is 1. The van der Waals surface area contributed by atoms with Crippen LogP contribution >= 0.6 is 11.3 Å². The van der Waals surface area contributed by atoms with Crippen molar-refractivity contribution in [3.05, 3.63) is 82.4 Å². The number of carbonyl (C=O) groups excluding carboxylic acids is 2. The second-order valence-corrected chi connectivity index (χ2v) is 10.8. The van der Waals surface area contributed by atoms with Crippen molar-refractivity contribution in [2.75, 3.05) is 5.32 Å². The van der Waals surface area contributed by atoms with E-state index in [4.69, 9.17) is 5.73 Å². The third kappa shape index (κ3) is 4.78. The molecule has 2 amide bonds. The van der Waals surface area contributed by atoms with Crippen molar-refractivity contribution in [2.24, 2.45) is 5.73 Å². The van der Waals surface area contributed by atoms with Crippen LogP contribution in [-0.4, -0.2) is 41.2 Å². The normalized spacial score (nSPS) is 11.9. The fourth-order valence-electron chi connectivity index (χ4n) is 4.95. The molecule has 0 radical (unpaired) electrons. The molecule has 3 N–H and O–H groups in total. The van der Waals surface area contributed by atoms with Crippen LogP contribution in [-0.2, 0) is 12.7 Å². The first kappa shape index (κ1) is 28.0. The Labute approximate surface area is 246 Å². The monoisotopic (exact) mass is 604 g/mol. The van der Waals surface area contributed by atoms with Crippen LogP contribution in [0.3, 0.4) is 0 Å². The first-order chi connectivity index (χ1) is 20.5. The molecule has 0 aliphatic rings. The summed E-state index contributed by atoms with van der Waals surface area (Å²) in [6, 6.07) is 10.4. The van der Waals surface area contributed by atoms with Gasteiger partial charge in [0.1, 0.15) is 21.0 Å². The summed E-state index contributed by atoms with van der Waals surface area (Å²) in [6.07, 6.45) is -0.435. The highest BCUT2D eigenvalue weighted by Gasteiger charge is 2.35. The van der Waals surface area contributed by atoms with Gasteiger partial charge in [0.25, 0.3) is 11.8 Å². The molecule has 43 heavy (non-hydrogen) atoms. The van der Waals surface area contributed by atoms with Gasteiger partial charge < -0.3 is 11.1 Å². The zero-order valence-corrected chi connectivity index (χ0v) is 23.8. The maximum absolute atomic E-state index is 13.9. The molecule has 0 spiro atoms. The first-order valence-corrected chi connectivity index (χ1v) is 13.9. The number of primary amides is 1. The Hall–Kier alpha value is -5.11. The van der Waals surface area contributed by atoms with Crippen LogP contribution in [0, 0.1) is 13.8 Å². The van der Waals surface area contributed by atoms with Crippen molar-refractivity contribution in [1.29, 1.82) is 0 Å². The standard InChI is InChI=1S/C29H23F3N8O2S/c1-4-39-15(3)18(12-35-39)17-11-21(29(30,31)32)37-28-22(17)23(24(43-28)25(33)41)38-27(42)19-13-36-40-20(9-10-34-26(19)40)16-7-5-14(2)6-8-16/h5-13H,4H2,1-3H3,(H2,33,41)(H,38,42). The predicted molar refractivity (Wildman–Crippen MR) is 156 cm³/mol. The van der Waals surface area contributed by atoms with E-state index in [2.05, 4.69) is 25.5 Å². The highest BCUT2D eigenvalue weighted by atomic mass is 32.1. The molecule has 1 aromatic carbocycles. The molecule has 0 atom stereocenters. The minimum atomic E-state index is -4.77. The number of nitrogens with two attached hydrogens (primary N) is 1. The smallest absolute Gasteiger partial charge is 0.365 e. The van der Waals surface area contributed by atoms with Crippen molar-refractivity contribution in [1.82, 2.24) is 29.4 Å². The number of nitrogens with zero attached hydrogens (tertiary/aromatic N) is 6. The summed E-state index contributed by atoms with van der Waals surface area (Å²) in [5.74, 6) is -1.61. The summed E-state index contributed by atoms with van der Waals surface area (Å²) >= 11 is 0.669. The van der Waals surface area contributed by atoms with Gasteiger partial charge in [0.05, 0.1) is 23.8 Å². The summed E-state index contributed by atoms with van der Waals surface area (Å²) in [6.45, 7) is 6.03. The Bertz CT molecular complexity index is 2060. The highest BCUT2D eigenvalue weighted by Crippen LogP contribution is 2.44. The van der Waals surface area contributed by atoms with Gasteiger partial charge in [-0.2, -0.15) is 23.4 Å². The van der Waals surface area contributed by atoms with E-state index in [-0.39, 0.29) is 37.6 Å². The largest absolute Gasteiger partial charge is 0.433 e. The average Bonchev–Trinajstić information content (AvgIpc) is 3.67. The van der Waals surface area contributed by atoms with Crippen LogP contribution in [0.4, 0.5) is 18.9 Å². The number of hydrogen-bond donors (Lipinski definition) is 2. The Morgan fingerprint density at radius 2 is 1.79 bits per heavy atom. The van der Waals surface area contributed by atoms with E-state index in [1.54, 1.807) is 23.9 Å². The van der Waals surface area contributed by atoms with Crippen molar-refractivity contribution in [3.8, 4) is 22.4 Å². The van der Waals surface area contributed by atoms with Crippen LogP contribution in [0.15, 0.2) is 55.0 Å². The molecule has 0 saturated carbocycles. The van der Waals surface area contributed by atoms with Gasteiger partial charge in [0.15, 0.2) is 5.65 Å². The number of aryl methyl sites for hydroxylation is 2. The fourth-order valence-corrected chi connectivity index (χ4v) is 5.96. The second kappa shape index (κ2) is 10.3. The molecule has 5 heterocycles. The van der Waals surface area contributed by atoms with Gasteiger partial charge in [-0.1, -0.05) is 29.8 Å². The number of aromatic nitrogens is 6. The number of alkyl halides is 3. The lowest BCUT2D eigenvalue weighted by Crippen LogP contribution is -2.17. The Morgan fingerprint density at radius 3 is 2.44 bits per heavy atom. The van der Waals surface area contributed by atoms with Crippen molar-refractivity contribution < 1.29 is 22.8 Å². The SMILES string of the molecule is CCn1ncc(-c2cc(C(F)(F)F)nc3sc(C(N)=O)c(NC(=O)c4cnn5c(-c6ccc(C)cc6)ccnc45)c23)c1C. The summed E-state index contributed by atoms with van der Waals surface area (Å²) in [7, 11) is 0. The van der Waals surface area contributed by atoms with Crippen molar-refractivity contribution >= 4 is 44.7 Å². The van der Waals surface area contributed by atoms with Gasteiger partial charge in [-0.05, 0) is 38.5 Å². The van der Waals surface area contributed by atoms with E-state index >= 15 is 0 Å². The molecule has 0 bridgehead atoms. The van der Waals surface area contributed by atoms with Gasteiger partial charge in [-0.3, -0.25) is 14.3 Å². The minimum Gasteiger partial charge on any atom is -0.365 e. The molecule has 5 aromatic heterocycles. The topological polar surface area (TPSA) is 133 Å². The maximum atomic E-state index is 13.9. The number of amides is 2. The van der Waals surface area contributed by atoms with Crippen molar-refractivity contribution in [3.63, 3.8) is 0 Å². The molecule has 14 heteroatoms. The molecule has 0 aliphatic carbocycles. The molecule has 0 unspecified atom stereocenters. The second-order valence-electron chi connectivity index (χ2n) is 9.81. The van der Waals surface area contributed by atoms with Gasteiger partial charge in [0, 0.05) is 34.9 Å². The molecule has 6 rings (SSSR count). The Balaban J connectivity index is 1.52.